The molecule has 0 bridgehead atoms. The first-order valence-electron chi connectivity index (χ1n) is 12.0. The monoisotopic (exact) mass is 395 g/mol. The number of nitrogens with zero attached hydrogens (tertiary/aromatic N) is 1. The number of hydrogen-bond donors (Lipinski definition) is 0. The number of aryl methyl sites for hydroxylation is 1. The molecule has 0 amide bonds. The third-order valence-corrected chi connectivity index (χ3v) is 6.70. The van der Waals surface area contributed by atoms with E-state index >= 15 is 0 Å². The van der Waals surface area contributed by atoms with Crippen molar-refractivity contribution in [3.8, 4) is 11.3 Å². The molecule has 29 heavy (non-hydrogen) atoms. The molecule has 1 aromatic heterocycles. The van der Waals surface area contributed by atoms with E-state index in [4.69, 9.17) is 0 Å². The molecule has 158 valence electrons. The van der Waals surface area contributed by atoms with E-state index in [-0.39, 0.29) is 5.82 Å². The van der Waals surface area contributed by atoms with Crippen molar-refractivity contribution in [1.29, 1.82) is 0 Å². The van der Waals surface area contributed by atoms with Gasteiger partial charge < -0.3 is 0 Å². The van der Waals surface area contributed by atoms with E-state index in [9.17, 15) is 4.39 Å². The summed E-state index contributed by atoms with van der Waals surface area (Å²) in [5.41, 5.74) is 3.79. The van der Waals surface area contributed by atoms with Gasteiger partial charge in [0, 0.05) is 11.8 Å². The molecule has 1 aliphatic carbocycles. The molecule has 1 aromatic carbocycles. The molecule has 0 atom stereocenters. The lowest BCUT2D eigenvalue weighted by Gasteiger charge is -2.28. The molecule has 2 heteroatoms. The molecule has 1 nitrogen and oxygen atoms in total. The van der Waals surface area contributed by atoms with Gasteiger partial charge in [0.1, 0.15) is 5.82 Å². The second kappa shape index (κ2) is 11.5. The van der Waals surface area contributed by atoms with E-state index in [0.717, 1.165) is 30.0 Å². The lowest BCUT2D eigenvalue weighted by molar-refractivity contribution is 0.302. The number of halogens is 1. The summed E-state index contributed by atoms with van der Waals surface area (Å²) in [6, 6.07) is 9.85. The Morgan fingerprint density at radius 2 is 1.66 bits per heavy atom. The van der Waals surface area contributed by atoms with Gasteiger partial charge in [-0.05, 0) is 79.7 Å². The zero-order valence-electron chi connectivity index (χ0n) is 18.4. The van der Waals surface area contributed by atoms with Crippen molar-refractivity contribution in [3.05, 3.63) is 53.5 Å². The van der Waals surface area contributed by atoms with Gasteiger partial charge in [-0.2, -0.15) is 0 Å². The van der Waals surface area contributed by atoms with Crippen LogP contribution in [-0.4, -0.2) is 4.98 Å². The number of unbranched alkanes of at least 4 members (excludes halogenated alkanes) is 4. The molecule has 0 spiro atoms. The van der Waals surface area contributed by atoms with E-state index in [0.29, 0.717) is 11.5 Å². The molecule has 1 saturated carbocycles. The van der Waals surface area contributed by atoms with E-state index in [2.05, 4.69) is 31.0 Å². The van der Waals surface area contributed by atoms with Gasteiger partial charge in [0.25, 0.3) is 0 Å². The first-order chi connectivity index (χ1) is 14.2. The average molecular weight is 396 g/mol. The highest BCUT2D eigenvalue weighted by Crippen LogP contribution is 2.38. The quantitative estimate of drug-likeness (QED) is 0.368. The summed E-state index contributed by atoms with van der Waals surface area (Å²) in [6.07, 6.45) is 17.2. The first kappa shape index (κ1) is 22.0. The fraction of sp³-hybridized carbons (Fsp3) is 0.593. The summed E-state index contributed by atoms with van der Waals surface area (Å²) < 4.78 is 14.6. The number of aromatic nitrogens is 1. The molecule has 1 aliphatic rings. The highest BCUT2D eigenvalue weighted by Gasteiger charge is 2.22. The minimum Gasteiger partial charge on any atom is -0.256 e. The second-order valence-corrected chi connectivity index (χ2v) is 8.96. The predicted octanol–water partition coefficient (Wildman–Crippen LogP) is 8.47. The number of hydrogen-bond acceptors (Lipinski definition) is 1. The maximum Gasteiger partial charge on any atom is 0.132 e. The fourth-order valence-electron chi connectivity index (χ4n) is 4.77. The Balaban J connectivity index is 1.56. The zero-order chi connectivity index (χ0) is 20.5. The van der Waals surface area contributed by atoms with Gasteiger partial charge in [0.15, 0.2) is 0 Å². The minimum absolute atomic E-state index is 0.146. The SMILES string of the molecule is CCCCCc1ccc(-c2ccc(C3CCC(CCCCC)CC3)cn2)c(F)c1. The van der Waals surface area contributed by atoms with Crippen LogP contribution in [0.3, 0.4) is 0 Å². The Bertz CT molecular complexity index is 729. The van der Waals surface area contributed by atoms with Crippen LogP contribution in [0.1, 0.15) is 102 Å². The lowest BCUT2D eigenvalue weighted by Crippen LogP contribution is -2.13. The summed E-state index contributed by atoms with van der Waals surface area (Å²) >= 11 is 0. The van der Waals surface area contributed by atoms with Crippen LogP contribution in [0.15, 0.2) is 36.5 Å². The summed E-state index contributed by atoms with van der Waals surface area (Å²) in [4.78, 5) is 4.63. The smallest absolute Gasteiger partial charge is 0.132 e. The Hall–Kier alpha value is -1.70. The van der Waals surface area contributed by atoms with Crippen LogP contribution in [0.25, 0.3) is 11.3 Å². The van der Waals surface area contributed by atoms with Crippen LogP contribution in [0.5, 0.6) is 0 Å². The normalized spacial score (nSPS) is 19.4. The maximum atomic E-state index is 14.6. The van der Waals surface area contributed by atoms with Crippen LogP contribution in [0.4, 0.5) is 4.39 Å². The Kier molecular flexibility index (Phi) is 8.70. The molecular formula is C27H38FN. The predicted molar refractivity (Wildman–Crippen MR) is 122 cm³/mol. The van der Waals surface area contributed by atoms with Crippen LogP contribution >= 0.6 is 0 Å². The minimum atomic E-state index is -0.146. The molecule has 0 saturated heterocycles. The van der Waals surface area contributed by atoms with Crippen LogP contribution in [0, 0.1) is 11.7 Å². The average Bonchev–Trinajstić information content (AvgIpc) is 2.75. The second-order valence-electron chi connectivity index (χ2n) is 8.96. The van der Waals surface area contributed by atoms with Crippen molar-refractivity contribution in [2.45, 2.75) is 96.8 Å². The van der Waals surface area contributed by atoms with Crippen molar-refractivity contribution in [3.63, 3.8) is 0 Å². The Morgan fingerprint density at radius 3 is 2.31 bits per heavy atom. The maximum absolute atomic E-state index is 14.6. The Morgan fingerprint density at radius 1 is 0.897 bits per heavy atom. The van der Waals surface area contributed by atoms with Crippen LogP contribution < -0.4 is 0 Å². The molecule has 0 aliphatic heterocycles. The highest BCUT2D eigenvalue weighted by molar-refractivity contribution is 5.60. The van der Waals surface area contributed by atoms with Gasteiger partial charge in [-0.15, -0.1) is 0 Å². The number of rotatable bonds is 10. The summed E-state index contributed by atoms with van der Waals surface area (Å²) in [5.74, 6) is 1.41. The molecule has 0 unspecified atom stereocenters. The standard InChI is InChI=1S/C27H38FN/c1-3-5-7-9-21-11-14-23(15-12-21)24-16-18-27(29-20-24)25-17-13-22(19-26(25)28)10-8-6-4-2/h13,16-21,23H,3-12,14-15H2,1-2H3. The first-order valence-corrected chi connectivity index (χ1v) is 12.0. The van der Waals surface area contributed by atoms with Crippen molar-refractivity contribution in [1.82, 2.24) is 4.98 Å². The molecular weight excluding hydrogens is 357 g/mol. The van der Waals surface area contributed by atoms with Crippen molar-refractivity contribution in [2.75, 3.05) is 0 Å². The van der Waals surface area contributed by atoms with Gasteiger partial charge in [-0.25, -0.2) is 4.39 Å². The third-order valence-electron chi connectivity index (χ3n) is 6.70. The van der Waals surface area contributed by atoms with Gasteiger partial charge in [0.05, 0.1) is 5.69 Å². The van der Waals surface area contributed by atoms with E-state index in [1.54, 1.807) is 6.07 Å². The van der Waals surface area contributed by atoms with Crippen molar-refractivity contribution >= 4 is 0 Å². The topological polar surface area (TPSA) is 12.9 Å². The lowest BCUT2D eigenvalue weighted by atomic mass is 9.77. The van der Waals surface area contributed by atoms with Gasteiger partial charge >= 0.3 is 0 Å². The highest BCUT2D eigenvalue weighted by atomic mass is 19.1. The van der Waals surface area contributed by atoms with Gasteiger partial charge in [0.2, 0.25) is 0 Å². The molecule has 2 aromatic rings. The largest absolute Gasteiger partial charge is 0.256 e. The molecule has 1 fully saturated rings. The summed E-state index contributed by atoms with van der Waals surface area (Å²) in [6.45, 7) is 4.47. The third kappa shape index (κ3) is 6.39. The van der Waals surface area contributed by atoms with E-state index in [1.165, 1.54) is 69.8 Å². The number of pyridine rings is 1. The van der Waals surface area contributed by atoms with Gasteiger partial charge in [-0.1, -0.05) is 64.5 Å². The van der Waals surface area contributed by atoms with Crippen LogP contribution in [-0.2, 0) is 6.42 Å². The van der Waals surface area contributed by atoms with Gasteiger partial charge in [-0.3, -0.25) is 4.98 Å². The van der Waals surface area contributed by atoms with Crippen molar-refractivity contribution < 1.29 is 4.39 Å². The molecule has 3 rings (SSSR count). The summed E-state index contributed by atoms with van der Waals surface area (Å²) in [5, 5.41) is 0. The summed E-state index contributed by atoms with van der Waals surface area (Å²) in [7, 11) is 0. The molecule has 1 heterocycles. The number of benzene rings is 1. The fourth-order valence-corrected chi connectivity index (χ4v) is 4.77. The molecule has 0 radical (unpaired) electrons. The van der Waals surface area contributed by atoms with E-state index < -0.39 is 0 Å². The molecule has 0 N–H and O–H groups in total. The van der Waals surface area contributed by atoms with Crippen LogP contribution in [0.2, 0.25) is 0 Å². The van der Waals surface area contributed by atoms with Crippen molar-refractivity contribution in [2.24, 2.45) is 5.92 Å². The Labute approximate surface area is 177 Å². The van der Waals surface area contributed by atoms with E-state index in [1.807, 2.05) is 18.3 Å². The zero-order valence-corrected chi connectivity index (χ0v) is 18.4.